The molecule has 1 aliphatic heterocycles. The number of anilines is 2. The molecule has 2 aromatic carbocycles. The number of furan rings is 1. The molecule has 7 nitrogen and oxygen atoms in total. The Balaban J connectivity index is 1.27. The Kier molecular flexibility index (Phi) is 5.96. The van der Waals surface area contributed by atoms with Crippen molar-refractivity contribution in [2.75, 3.05) is 36.0 Å². The first-order valence-electron chi connectivity index (χ1n) is 11.4. The lowest BCUT2D eigenvalue weighted by molar-refractivity contribution is 0.269. The van der Waals surface area contributed by atoms with Crippen LogP contribution in [0.2, 0.25) is 0 Å². The molecule has 2 aromatic heterocycles. The van der Waals surface area contributed by atoms with Gasteiger partial charge in [-0.3, -0.25) is 0 Å². The molecule has 5 rings (SSSR count). The van der Waals surface area contributed by atoms with Crippen molar-refractivity contribution in [3.05, 3.63) is 83.2 Å². The highest BCUT2D eigenvalue weighted by molar-refractivity contribution is 5.57. The van der Waals surface area contributed by atoms with E-state index in [1.807, 2.05) is 50.2 Å². The smallest absolute Gasteiger partial charge is 0.266 e. The predicted molar refractivity (Wildman–Crippen MR) is 130 cm³/mol. The molecule has 0 N–H and O–H groups in total. The second-order valence-corrected chi connectivity index (χ2v) is 8.42. The lowest BCUT2D eigenvalue weighted by atomic mass is 10.1. The van der Waals surface area contributed by atoms with Crippen LogP contribution < -0.4 is 14.5 Å². The van der Waals surface area contributed by atoms with Crippen molar-refractivity contribution in [2.24, 2.45) is 0 Å². The van der Waals surface area contributed by atoms with E-state index in [1.54, 1.807) is 6.07 Å². The minimum absolute atomic E-state index is 0.271. The van der Waals surface area contributed by atoms with Crippen LogP contribution in [0.15, 0.2) is 69.5 Å². The van der Waals surface area contributed by atoms with Gasteiger partial charge in [0.15, 0.2) is 5.76 Å². The van der Waals surface area contributed by atoms with Gasteiger partial charge in [-0.05, 0) is 55.3 Å². The molecule has 0 spiro atoms. The van der Waals surface area contributed by atoms with E-state index >= 15 is 0 Å². The van der Waals surface area contributed by atoms with Gasteiger partial charge in [0.2, 0.25) is 11.6 Å². The molecular weight excluding hydrogens is 428 g/mol. The van der Waals surface area contributed by atoms with Crippen LogP contribution in [0.4, 0.5) is 11.6 Å². The number of para-hydroxylation sites is 1. The molecule has 0 atom stereocenters. The summed E-state index contributed by atoms with van der Waals surface area (Å²) in [5.74, 6) is 2.76. The maximum absolute atomic E-state index is 9.64. The van der Waals surface area contributed by atoms with Crippen molar-refractivity contribution in [1.82, 2.24) is 4.98 Å². The summed E-state index contributed by atoms with van der Waals surface area (Å²) in [6, 6.07) is 22.2. The Morgan fingerprint density at radius 3 is 2.47 bits per heavy atom. The number of hydrogen-bond donors (Lipinski definition) is 0. The zero-order chi connectivity index (χ0) is 23.5. The zero-order valence-electron chi connectivity index (χ0n) is 19.3. The van der Waals surface area contributed by atoms with Gasteiger partial charge in [-0.2, -0.15) is 10.2 Å². The van der Waals surface area contributed by atoms with Crippen molar-refractivity contribution in [3.63, 3.8) is 0 Å². The molecule has 7 heteroatoms. The summed E-state index contributed by atoms with van der Waals surface area (Å²) in [7, 11) is 0. The van der Waals surface area contributed by atoms with E-state index in [9.17, 15) is 5.26 Å². The lowest BCUT2D eigenvalue weighted by Crippen LogP contribution is -2.46. The second kappa shape index (κ2) is 9.36. The Labute approximate surface area is 198 Å². The highest BCUT2D eigenvalue weighted by Crippen LogP contribution is 2.31. The van der Waals surface area contributed by atoms with Gasteiger partial charge >= 0.3 is 0 Å². The molecule has 0 radical (unpaired) electrons. The molecule has 4 aromatic rings. The molecule has 0 unspecified atom stereocenters. The number of aromatic nitrogens is 1. The third-order valence-electron chi connectivity index (χ3n) is 5.99. The molecule has 3 heterocycles. The third kappa shape index (κ3) is 4.48. The van der Waals surface area contributed by atoms with Crippen molar-refractivity contribution < 1.29 is 13.6 Å². The minimum Gasteiger partial charge on any atom is -0.485 e. The number of piperazine rings is 1. The van der Waals surface area contributed by atoms with Gasteiger partial charge in [0.1, 0.15) is 24.2 Å². The van der Waals surface area contributed by atoms with Gasteiger partial charge < -0.3 is 23.4 Å². The summed E-state index contributed by atoms with van der Waals surface area (Å²) in [5.41, 5.74) is 3.68. The van der Waals surface area contributed by atoms with Crippen LogP contribution in [0.1, 0.15) is 22.6 Å². The first kappa shape index (κ1) is 21.7. The number of nitriles is 1. The average Bonchev–Trinajstić information content (AvgIpc) is 3.52. The van der Waals surface area contributed by atoms with E-state index in [4.69, 9.17) is 13.6 Å². The zero-order valence-corrected chi connectivity index (χ0v) is 19.3. The maximum Gasteiger partial charge on any atom is 0.266 e. The Morgan fingerprint density at radius 1 is 0.941 bits per heavy atom. The van der Waals surface area contributed by atoms with Crippen LogP contribution in [-0.4, -0.2) is 31.2 Å². The van der Waals surface area contributed by atoms with Crippen LogP contribution in [0.5, 0.6) is 5.75 Å². The topological polar surface area (TPSA) is 78.7 Å². The molecule has 1 saturated heterocycles. The third-order valence-corrected chi connectivity index (χ3v) is 5.99. The van der Waals surface area contributed by atoms with E-state index in [1.165, 1.54) is 5.69 Å². The van der Waals surface area contributed by atoms with Crippen molar-refractivity contribution in [2.45, 2.75) is 20.5 Å². The molecule has 0 amide bonds. The summed E-state index contributed by atoms with van der Waals surface area (Å²) >= 11 is 0. The highest BCUT2D eigenvalue weighted by Gasteiger charge is 2.25. The van der Waals surface area contributed by atoms with Gasteiger partial charge in [-0.25, -0.2) is 0 Å². The van der Waals surface area contributed by atoms with Crippen LogP contribution >= 0.6 is 0 Å². The fraction of sp³-hybridized carbons (Fsp3) is 0.259. The maximum atomic E-state index is 9.64. The second-order valence-electron chi connectivity index (χ2n) is 8.42. The van der Waals surface area contributed by atoms with Crippen molar-refractivity contribution in [1.29, 1.82) is 5.26 Å². The molecular formula is C27H26N4O3. The molecule has 1 fully saturated rings. The quantitative estimate of drug-likeness (QED) is 0.390. The number of ether oxygens (including phenoxy) is 1. The van der Waals surface area contributed by atoms with Gasteiger partial charge in [0.05, 0.1) is 0 Å². The van der Waals surface area contributed by atoms with E-state index in [2.05, 4.69) is 39.1 Å². The van der Waals surface area contributed by atoms with E-state index in [0.29, 0.717) is 29.9 Å². The van der Waals surface area contributed by atoms with Crippen LogP contribution in [0.3, 0.4) is 0 Å². The number of oxazole rings is 1. The molecule has 0 aliphatic carbocycles. The fourth-order valence-corrected chi connectivity index (χ4v) is 4.09. The summed E-state index contributed by atoms with van der Waals surface area (Å²) in [6.07, 6.45) is 0. The first-order valence-corrected chi connectivity index (χ1v) is 11.4. The Morgan fingerprint density at radius 2 is 1.71 bits per heavy atom. The van der Waals surface area contributed by atoms with Crippen molar-refractivity contribution >= 4 is 11.6 Å². The molecule has 34 heavy (non-hydrogen) atoms. The number of hydrogen-bond acceptors (Lipinski definition) is 7. The van der Waals surface area contributed by atoms with Gasteiger partial charge in [0, 0.05) is 31.9 Å². The minimum atomic E-state index is 0.271. The van der Waals surface area contributed by atoms with Gasteiger partial charge in [-0.1, -0.05) is 30.3 Å². The summed E-state index contributed by atoms with van der Waals surface area (Å²) in [4.78, 5) is 8.79. The number of nitrogens with zero attached hydrogens (tertiary/aromatic N) is 4. The summed E-state index contributed by atoms with van der Waals surface area (Å²) < 4.78 is 17.9. The first-order chi connectivity index (χ1) is 16.6. The van der Waals surface area contributed by atoms with Crippen LogP contribution in [-0.2, 0) is 6.61 Å². The van der Waals surface area contributed by atoms with Crippen molar-refractivity contribution in [3.8, 4) is 23.5 Å². The van der Waals surface area contributed by atoms with E-state index < -0.39 is 0 Å². The number of benzene rings is 2. The summed E-state index contributed by atoms with van der Waals surface area (Å²) in [6.45, 7) is 7.50. The monoisotopic (exact) mass is 454 g/mol. The van der Waals surface area contributed by atoms with Crippen LogP contribution in [0, 0.1) is 25.2 Å². The van der Waals surface area contributed by atoms with Gasteiger partial charge in [0.25, 0.3) is 5.89 Å². The normalized spacial score (nSPS) is 13.7. The number of aryl methyl sites for hydroxylation is 2. The van der Waals surface area contributed by atoms with Gasteiger partial charge in [-0.15, -0.1) is 0 Å². The summed E-state index contributed by atoms with van der Waals surface area (Å²) in [5, 5.41) is 9.64. The largest absolute Gasteiger partial charge is 0.485 e. The van der Waals surface area contributed by atoms with E-state index in [0.717, 1.165) is 43.1 Å². The number of rotatable bonds is 6. The fourth-order valence-electron chi connectivity index (χ4n) is 4.09. The predicted octanol–water partition coefficient (Wildman–Crippen LogP) is 5.33. The Hall–Kier alpha value is -4.18. The molecule has 172 valence electrons. The molecule has 0 bridgehead atoms. The molecule has 1 aliphatic rings. The highest BCUT2D eigenvalue weighted by atomic mass is 16.5. The van der Waals surface area contributed by atoms with Crippen LogP contribution in [0.25, 0.3) is 11.7 Å². The molecule has 0 saturated carbocycles. The SMILES string of the molecule is Cc1ccc(C)c(OCc2ccc(-c3nc(C#N)c(N4CCN(c5ccccc5)CC4)o3)o2)c1. The standard InChI is InChI=1S/C27H26N4O3/c1-19-8-9-20(2)25(16-19)32-18-22-10-11-24(33-22)26-29-23(17-28)27(34-26)31-14-12-30(13-15-31)21-6-4-3-5-7-21/h3-11,16H,12-15,18H2,1-2H3. The van der Waals surface area contributed by atoms with E-state index in [-0.39, 0.29) is 5.69 Å². The average molecular weight is 455 g/mol. The lowest BCUT2D eigenvalue weighted by Gasteiger charge is -2.35. The Bertz CT molecular complexity index is 1310.